The van der Waals surface area contributed by atoms with Gasteiger partial charge in [-0.1, -0.05) is 0 Å². The van der Waals surface area contributed by atoms with Crippen LogP contribution in [0, 0.1) is 0 Å². The number of ketones is 1. The Balaban J connectivity index is 0. The topological polar surface area (TPSA) is 91.7 Å². The van der Waals surface area contributed by atoms with E-state index in [0.29, 0.717) is 12.8 Å². The van der Waals surface area contributed by atoms with Crippen LogP contribution in [0.3, 0.4) is 0 Å². The van der Waals surface area contributed by atoms with Crippen molar-refractivity contribution in [1.29, 1.82) is 0 Å². The Hall–Kier alpha value is -1.39. The van der Waals surface area contributed by atoms with Crippen molar-refractivity contribution in [3.63, 3.8) is 0 Å². The first-order valence-electron chi connectivity index (χ1n) is 4.27. The molecule has 0 aromatic heterocycles. The second-order valence-electron chi connectivity index (χ2n) is 2.90. The Kier molecular flexibility index (Phi) is 10.5. The van der Waals surface area contributed by atoms with Gasteiger partial charge in [0.25, 0.3) is 0 Å². The number of carbonyl (C=O) groups is 3. The Bertz CT molecular complexity index is 177. The number of Topliss-reactive ketones (excluding diaryl/α,β-unsaturated/α-hetero) is 1. The molecule has 0 spiro atoms. The van der Waals surface area contributed by atoms with Gasteiger partial charge < -0.3 is 15.0 Å². The average molecular weight is 204 g/mol. The number of rotatable bonds is 5. The lowest BCUT2D eigenvalue weighted by Crippen LogP contribution is -1.97. The number of carboxylic acid groups (broad SMARTS) is 2. The lowest BCUT2D eigenvalue weighted by Gasteiger charge is -1.92. The number of hydrogen-bond donors (Lipinski definition) is 2. The summed E-state index contributed by atoms with van der Waals surface area (Å²) in [6, 6.07) is 0. The van der Waals surface area contributed by atoms with Crippen molar-refractivity contribution in [2.24, 2.45) is 0 Å². The molecule has 0 aliphatic rings. The Labute approximate surface area is 82.7 Å². The zero-order valence-corrected chi connectivity index (χ0v) is 8.45. The molecule has 0 aromatic rings. The minimum absolute atomic E-state index is 0.0628. The molecule has 0 atom stereocenters. The van der Waals surface area contributed by atoms with Gasteiger partial charge in [0, 0.05) is 12.8 Å². The highest BCUT2D eigenvalue weighted by Crippen LogP contribution is 1.98. The van der Waals surface area contributed by atoms with Crippen LogP contribution in [-0.2, 0) is 14.4 Å². The van der Waals surface area contributed by atoms with Crippen LogP contribution in [0.1, 0.15) is 39.5 Å². The fourth-order valence-electron chi connectivity index (χ4n) is 0.552. The van der Waals surface area contributed by atoms with E-state index < -0.39 is 11.9 Å². The van der Waals surface area contributed by atoms with Crippen LogP contribution in [0.4, 0.5) is 0 Å². The number of hydrogen-bond acceptors (Lipinski definition) is 3. The summed E-state index contributed by atoms with van der Waals surface area (Å²) in [7, 11) is 0. The minimum atomic E-state index is -0.870. The van der Waals surface area contributed by atoms with Gasteiger partial charge in [-0.25, -0.2) is 0 Å². The molecule has 0 fully saturated rings. The zero-order valence-electron chi connectivity index (χ0n) is 8.45. The van der Waals surface area contributed by atoms with Gasteiger partial charge in [0.2, 0.25) is 0 Å². The van der Waals surface area contributed by atoms with Crippen molar-refractivity contribution in [3.05, 3.63) is 0 Å². The largest absolute Gasteiger partial charge is 0.481 e. The molecule has 0 rings (SSSR count). The number of aliphatic carboxylic acids is 2. The van der Waals surface area contributed by atoms with Crippen LogP contribution in [-0.4, -0.2) is 27.9 Å². The Morgan fingerprint density at radius 1 is 0.857 bits per heavy atom. The summed E-state index contributed by atoms with van der Waals surface area (Å²) in [5, 5.41) is 16.3. The van der Waals surface area contributed by atoms with Gasteiger partial charge in [-0.2, -0.15) is 0 Å². The van der Waals surface area contributed by atoms with Crippen molar-refractivity contribution in [2.75, 3.05) is 0 Å². The van der Waals surface area contributed by atoms with Crippen LogP contribution in [0.25, 0.3) is 0 Å². The quantitative estimate of drug-likeness (QED) is 0.659. The predicted molar refractivity (Wildman–Crippen MR) is 50.1 cm³/mol. The van der Waals surface area contributed by atoms with Gasteiger partial charge in [0.15, 0.2) is 0 Å². The summed E-state index contributed by atoms with van der Waals surface area (Å²) in [5.74, 6) is -1.57. The molecular formula is C9H16O5. The van der Waals surface area contributed by atoms with Crippen LogP contribution in [0.15, 0.2) is 0 Å². The van der Waals surface area contributed by atoms with E-state index in [2.05, 4.69) is 0 Å². The molecule has 0 bridgehead atoms. The smallest absolute Gasteiger partial charge is 0.303 e. The SMILES string of the molecule is CC(C)=O.O=C(O)CCCCC(=O)O. The summed E-state index contributed by atoms with van der Waals surface area (Å²) >= 11 is 0. The van der Waals surface area contributed by atoms with Gasteiger partial charge >= 0.3 is 11.9 Å². The first-order chi connectivity index (χ1) is 6.36. The molecule has 0 heterocycles. The molecule has 0 aliphatic heterocycles. The second-order valence-corrected chi connectivity index (χ2v) is 2.90. The monoisotopic (exact) mass is 204 g/mol. The van der Waals surface area contributed by atoms with Crippen molar-refractivity contribution >= 4 is 17.7 Å². The summed E-state index contributed by atoms with van der Waals surface area (Å²) in [5.41, 5.74) is 0. The molecule has 0 saturated heterocycles. The molecule has 0 amide bonds. The zero-order chi connectivity index (χ0) is 11.6. The van der Waals surface area contributed by atoms with Crippen LogP contribution < -0.4 is 0 Å². The third-order valence-electron chi connectivity index (χ3n) is 1.03. The first kappa shape index (κ1) is 15.1. The molecule has 0 aromatic carbocycles. The lowest BCUT2D eigenvalue weighted by molar-refractivity contribution is -0.139. The summed E-state index contributed by atoms with van der Waals surface area (Å²) in [6.45, 7) is 3.06. The third-order valence-corrected chi connectivity index (χ3v) is 1.03. The third kappa shape index (κ3) is 31.1. The van der Waals surface area contributed by atoms with Gasteiger partial charge in [-0.05, 0) is 26.7 Å². The van der Waals surface area contributed by atoms with Crippen molar-refractivity contribution in [3.8, 4) is 0 Å². The number of unbranched alkanes of at least 4 members (excludes halogenated alkanes) is 1. The first-order valence-corrected chi connectivity index (χ1v) is 4.27. The van der Waals surface area contributed by atoms with E-state index in [1.54, 1.807) is 0 Å². The van der Waals surface area contributed by atoms with Gasteiger partial charge in [-0.15, -0.1) is 0 Å². The fourth-order valence-corrected chi connectivity index (χ4v) is 0.552. The van der Waals surface area contributed by atoms with Crippen molar-refractivity contribution in [1.82, 2.24) is 0 Å². The fraction of sp³-hybridized carbons (Fsp3) is 0.667. The Morgan fingerprint density at radius 2 is 1.07 bits per heavy atom. The number of carbonyl (C=O) groups excluding carboxylic acids is 1. The molecule has 0 aliphatic carbocycles. The molecule has 0 saturated carbocycles. The molecule has 82 valence electrons. The maximum atomic E-state index is 9.90. The van der Waals surface area contributed by atoms with E-state index in [-0.39, 0.29) is 18.6 Å². The van der Waals surface area contributed by atoms with E-state index in [4.69, 9.17) is 10.2 Å². The highest BCUT2D eigenvalue weighted by atomic mass is 16.4. The van der Waals surface area contributed by atoms with E-state index in [1.165, 1.54) is 13.8 Å². The van der Waals surface area contributed by atoms with E-state index in [1.807, 2.05) is 0 Å². The van der Waals surface area contributed by atoms with E-state index in [0.717, 1.165) is 0 Å². The molecular weight excluding hydrogens is 188 g/mol. The highest BCUT2D eigenvalue weighted by Gasteiger charge is 1.99. The summed E-state index contributed by atoms with van der Waals surface area (Å²) in [4.78, 5) is 29.2. The average Bonchev–Trinajstić information content (AvgIpc) is 1.96. The number of carboxylic acids is 2. The van der Waals surface area contributed by atoms with Crippen LogP contribution in [0.5, 0.6) is 0 Å². The minimum Gasteiger partial charge on any atom is -0.481 e. The standard InChI is InChI=1S/C6H10O4.C3H6O/c7-5(8)3-1-2-4-6(9)10;1-3(2)4/h1-4H2,(H,7,8)(H,9,10);1-2H3. The maximum Gasteiger partial charge on any atom is 0.303 e. The van der Waals surface area contributed by atoms with Crippen molar-refractivity contribution in [2.45, 2.75) is 39.5 Å². The molecule has 0 unspecified atom stereocenters. The van der Waals surface area contributed by atoms with E-state index >= 15 is 0 Å². The van der Waals surface area contributed by atoms with Crippen LogP contribution >= 0.6 is 0 Å². The molecule has 5 heteroatoms. The Morgan fingerprint density at radius 3 is 1.21 bits per heavy atom. The van der Waals surface area contributed by atoms with Gasteiger partial charge in [0.05, 0.1) is 0 Å². The molecule has 5 nitrogen and oxygen atoms in total. The lowest BCUT2D eigenvalue weighted by atomic mass is 10.2. The normalized spacial score (nSPS) is 8.43. The van der Waals surface area contributed by atoms with E-state index in [9.17, 15) is 14.4 Å². The molecule has 0 radical (unpaired) electrons. The summed E-state index contributed by atoms with van der Waals surface area (Å²) in [6.07, 6.45) is 1.02. The van der Waals surface area contributed by atoms with Crippen molar-refractivity contribution < 1.29 is 24.6 Å². The van der Waals surface area contributed by atoms with Gasteiger partial charge in [-0.3, -0.25) is 9.59 Å². The van der Waals surface area contributed by atoms with Gasteiger partial charge in [0.1, 0.15) is 5.78 Å². The maximum absolute atomic E-state index is 9.90. The van der Waals surface area contributed by atoms with Crippen LogP contribution in [0.2, 0.25) is 0 Å². The summed E-state index contributed by atoms with van der Waals surface area (Å²) < 4.78 is 0. The second kappa shape index (κ2) is 9.70. The molecule has 2 N–H and O–H groups in total. The predicted octanol–water partition coefficient (Wildman–Crippen LogP) is 1.31. The highest BCUT2D eigenvalue weighted by molar-refractivity contribution is 5.72. The molecule has 14 heavy (non-hydrogen) atoms.